The van der Waals surface area contributed by atoms with E-state index >= 15 is 0 Å². The number of hydrogen-bond donors (Lipinski definition) is 1. The van der Waals surface area contributed by atoms with Crippen LogP contribution in [0.25, 0.3) is 26.8 Å². The zero-order chi connectivity index (χ0) is 30.0. The molecular formula is C38H50N6. The minimum atomic E-state index is 0.738. The first kappa shape index (κ1) is 30.6. The smallest absolute Gasteiger partial charge is 0.187 e. The zero-order valence-corrected chi connectivity index (χ0v) is 26.5. The number of rotatable bonds is 14. The first-order valence-corrected chi connectivity index (χ1v) is 17.4. The van der Waals surface area contributed by atoms with Crippen LogP contribution in [0.3, 0.4) is 0 Å². The van der Waals surface area contributed by atoms with E-state index in [0.717, 1.165) is 66.7 Å². The SMILES string of the molecule is [C-]#[N+]c1ccc2[nH]cc(CCCCCCCC3CCC(CCCCN4CCN(c5cccc6nccnc56)CC4)CC3)c2c1. The van der Waals surface area contributed by atoms with Crippen LogP contribution in [-0.4, -0.2) is 52.6 Å². The van der Waals surface area contributed by atoms with Gasteiger partial charge in [-0.1, -0.05) is 82.8 Å². The molecule has 0 unspecified atom stereocenters. The largest absolute Gasteiger partial charge is 0.367 e. The van der Waals surface area contributed by atoms with Gasteiger partial charge in [-0.15, -0.1) is 0 Å². The number of aromatic nitrogens is 3. The zero-order valence-electron chi connectivity index (χ0n) is 26.5. The Bertz CT molecular complexity index is 1500. The van der Waals surface area contributed by atoms with Gasteiger partial charge in [0.15, 0.2) is 5.69 Å². The number of hydrogen-bond acceptors (Lipinski definition) is 4. The van der Waals surface area contributed by atoms with E-state index in [4.69, 9.17) is 6.57 Å². The molecular weight excluding hydrogens is 540 g/mol. The molecule has 0 spiro atoms. The fourth-order valence-corrected chi connectivity index (χ4v) is 7.74. The Morgan fingerprint density at radius 2 is 1.52 bits per heavy atom. The Balaban J connectivity index is 0.779. The van der Waals surface area contributed by atoms with E-state index in [9.17, 15) is 0 Å². The lowest BCUT2D eigenvalue weighted by Crippen LogP contribution is -2.46. The number of anilines is 1. The van der Waals surface area contributed by atoms with E-state index in [0.29, 0.717) is 0 Å². The molecule has 0 atom stereocenters. The second-order valence-electron chi connectivity index (χ2n) is 13.4. The molecule has 6 rings (SSSR count). The molecule has 2 fully saturated rings. The Hall–Kier alpha value is -3.43. The van der Waals surface area contributed by atoms with Crippen molar-refractivity contribution in [2.75, 3.05) is 37.6 Å². The number of aryl methyl sites for hydroxylation is 1. The van der Waals surface area contributed by atoms with Crippen LogP contribution in [0.2, 0.25) is 0 Å². The number of nitrogens with one attached hydrogen (secondary N) is 1. The molecule has 1 saturated heterocycles. The van der Waals surface area contributed by atoms with Crippen LogP contribution < -0.4 is 4.90 Å². The first-order chi connectivity index (χ1) is 21.8. The Morgan fingerprint density at radius 3 is 2.32 bits per heavy atom. The normalized spacial score (nSPS) is 19.5. The quantitative estimate of drug-likeness (QED) is 0.117. The van der Waals surface area contributed by atoms with Crippen molar-refractivity contribution in [3.8, 4) is 0 Å². The summed E-state index contributed by atoms with van der Waals surface area (Å²) in [5, 5.41) is 1.23. The lowest BCUT2D eigenvalue weighted by molar-refractivity contribution is 0.229. The van der Waals surface area contributed by atoms with Crippen LogP contribution >= 0.6 is 0 Å². The summed E-state index contributed by atoms with van der Waals surface area (Å²) in [7, 11) is 0. The monoisotopic (exact) mass is 590 g/mol. The van der Waals surface area contributed by atoms with Crippen LogP contribution in [-0.2, 0) is 6.42 Å². The van der Waals surface area contributed by atoms with Gasteiger partial charge in [0.1, 0.15) is 5.52 Å². The van der Waals surface area contributed by atoms with E-state index in [1.165, 1.54) is 107 Å². The molecule has 232 valence electrons. The fourth-order valence-electron chi connectivity index (χ4n) is 7.74. The maximum absolute atomic E-state index is 7.27. The first-order valence-electron chi connectivity index (χ1n) is 17.4. The van der Waals surface area contributed by atoms with Gasteiger partial charge in [0.2, 0.25) is 0 Å². The molecule has 4 aromatic rings. The number of benzene rings is 2. The summed E-state index contributed by atoms with van der Waals surface area (Å²) in [5.74, 6) is 1.96. The van der Waals surface area contributed by atoms with Gasteiger partial charge in [-0.05, 0) is 72.9 Å². The van der Waals surface area contributed by atoms with Crippen molar-refractivity contribution in [3.63, 3.8) is 0 Å². The molecule has 2 aromatic heterocycles. The third-order valence-electron chi connectivity index (χ3n) is 10.4. The average Bonchev–Trinajstić information content (AvgIpc) is 3.49. The van der Waals surface area contributed by atoms with Crippen LogP contribution in [0, 0.1) is 18.4 Å². The molecule has 0 amide bonds. The number of H-pyrrole nitrogens is 1. The van der Waals surface area contributed by atoms with Crippen LogP contribution in [0.1, 0.15) is 89.0 Å². The molecule has 1 saturated carbocycles. The van der Waals surface area contributed by atoms with Crippen LogP contribution in [0.15, 0.2) is 55.0 Å². The Kier molecular flexibility index (Phi) is 10.8. The highest BCUT2D eigenvalue weighted by atomic mass is 15.3. The van der Waals surface area contributed by atoms with Crippen molar-refractivity contribution < 1.29 is 0 Å². The van der Waals surface area contributed by atoms with Gasteiger partial charge in [0.25, 0.3) is 0 Å². The summed E-state index contributed by atoms with van der Waals surface area (Å²) in [4.78, 5) is 21.2. The fraction of sp³-hybridized carbons (Fsp3) is 0.553. The van der Waals surface area contributed by atoms with E-state index in [2.05, 4.69) is 54.0 Å². The second-order valence-corrected chi connectivity index (χ2v) is 13.4. The number of aromatic amines is 1. The minimum Gasteiger partial charge on any atom is -0.367 e. The summed E-state index contributed by atoms with van der Waals surface area (Å²) in [5.41, 5.74) is 6.52. The van der Waals surface area contributed by atoms with Crippen molar-refractivity contribution in [1.29, 1.82) is 0 Å². The third-order valence-corrected chi connectivity index (χ3v) is 10.4. The molecule has 2 aliphatic rings. The molecule has 0 radical (unpaired) electrons. The predicted octanol–water partition coefficient (Wildman–Crippen LogP) is 9.34. The highest BCUT2D eigenvalue weighted by molar-refractivity contribution is 5.88. The van der Waals surface area contributed by atoms with Gasteiger partial charge >= 0.3 is 0 Å². The maximum atomic E-state index is 7.27. The van der Waals surface area contributed by atoms with Crippen LogP contribution in [0.5, 0.6) is 0 Å². The summed E-state index contributed by atoms with van der Waals surface area (Å²) in [6, 6.07) is 12.3. The topological polar surface area (TPSA) is 52.4 Å². The lowest BCUT2D eigenvalue weighted by Gasteiger charge is -2.36. The Labute approximate surface area is 264 Å². The molecule has 3 heterocycles. The van der Waals surface area contributed by atoms with Gasteiger partial charge in [0, 0.05) is 50.3 Å². The van der Waals surface area contributed by atoms with E-state index < -0.39 is 0 Å². The van der Waals surface area contributed by atoms with E-state index in [-0.39, 0.29) is 0 Å². The highest BCUT2D eigenvalue weighted by Gasteiger charge is 2.22. The van der Waals surface area contributed by atoms with Gasteiger partial charge in [-0.2, -0.15) is 0 Å². The van der Waals surface area contributed by atoms with Crippen molar-refractivity contribution in [3.05, 3.63) is 72.0 Å². The average molecular weight is 591 g/mol. The number of fused-ring (bicyclic) bond motifs is 2. The maximum Gasteiger partial charge on any atom is 0.187 e. The highest BCUT2D eigenvalue weighted by Crippen LogP contribution is 2.35. The van der Waals surface area contributed by atoms with Gasteiger partial charge in [0.05, 0.1) is 17.8 Å². The molecule has 0 bridgehead atoms. The molecule has 6 nitrogen and oxygen atoms in total. The van der Waals surface area contributed by atoms with Gasteiger partial charge in [-0.3, -0.25) is 14.9 Å². The van der Waals surface area contributed by atoms with Crippen molar-refractivity contribution >= 4 is 33.3 Å². The molecule has 1 N–H and O–H groups in total. The van der Waals surface area contributed by atoms with Crippen molar-refractivity contribution in [2.45, 2.75) is 89.9 Å². The van der Waals surface area contributed by atoms with Gasteiger partial charge in [-0.25, -0.2) is 4.85 Å². The summed E-state index contributed by atoms with van der Waals surface area (Å²) >= 11 is 0. The number of nitrogens with zero attached hydrogens (tertiary/aromatic N) is 5. The van der Waals surface area contributed by atoms with Crippen molar-refractivity contribution in [1.82, 2.24) is 19.9 Å². The number of unbranched alkanes of at least 4 members (excludes halogenated alkanes) is 5. The van der Waals surface area contributed by atoms with Crippen LogP contribution in [0.4, 0.5) is 11.4 Å². The molecule has 2 aromatic carbocycles. The molecule has 1 aliphatic carbocycles. The number of para-hydroxylation sites is 1. The van der Waals surface area contributed by atoms with E-state index in [1.807, 2.05) is 18.2 Å². The molecule has 1 aliphatic heterocycles. The van der Waals surface area contributed by atoms with Gasteiger partial charge < -0.3 is 9.88 Å². The van der Waals surface area contributed by atoms with E-state index in [1.54, 1.807) is 12.4 Å². The molecule has 6 heteroatoms. The molecule has 44 heavy (non-hydrogen) atoms. The minimum absolute atomic E-state index is 0.738. The lowest BCUT2D eigenvalue weighted by atomic mass is 9.78. The second kappa shape index (κ2) is 15.5. The summed E-state index contributed by atoms with van der Waals surface area (Å²) in [6.07, 6.45) is 25.1. The predicted molar refractivity (Wildman–Crippen MR) is 183 cm³/mol. The summed E-state index contributed by atoms with van der Waals surface area (Å²) < 4.78 is 0. The summed E-state index contributed by atoms with van der Waals surface area (Å²) in [6.45, 7) is 13.0. The number of piperazine rings is 1. The standard InChI is InChI=1S/C38H50N6/c1-39-33-19-20-35-34(28-33)32(29-42-35)12-6-4-2-3-5-10-30-15-17-31(18-16-30)11-7-8-23-43-24-26-44(27-25-43)37-14-9-13-36-38(37)41-22-21-40-36/h9,13-14,19-22,28-31,42H,2-8,10-12,15-18,23-27H2. The Morgan fingerprint density at radius 1 is 0.795 bits per heavy atom. The van der Waals surface area contributed by atoms with Crippen molar-refractivity contribution in [2.24, 2.45) is 11.8 Å². The third kappa shape index (κ3) is 7.99.